The van der Waals surface area contributed by atoms with Crippen LogP contribution >= 0.6 is 0 Å². The molecule has 0 amide bonds. The summed E-state index contributed by atoms with van der Waals surface area (Å²) in [5, 5.41) is 10.9. The number of rotatable bonds is 8. The van der Waals surface area contributed by atoms with Crippen molar-refractivity contribution in [2.24, 2.45) is 4.99 Å². The molecule has 3 aromatic rings. The maximum absolute atomic E-state index is 5.44. The minimum absolute atomic E-state index is 0.568. The molecule has 3 rings (SSSR count). The smallest absolute Gasteiger partial charge is 0.191 e. The predicted octanol–water partition coefficient (Wildman–Crippen LogP) is 3.21. The number of nitrogens with one attached hydrogen (secondary N) is 2. The van der Waals surface area contributed by atoms with E-state index < -0.39 is 0 Å². The number of nitrogens with zero attached hydrogens (tertiary/aromatic N) is 4. The van der Waals surface area contributed by atoms with Gasteiger partial charge in [-0.2, -0.15) is 0 Å². The molecule has 0 radical (unpaired) electrons. The van der Waals surface area contributed by atoms with Crippen molar-refractivity contribution >= 4 is 17.0 Å². The molecule has 2 N–H and O–H groups in total. The second-order valence-electron chi connectivity index (χ2n) is 6.66. The number of para-hydroxylation sites is 2. The zero-order valence-corrected chi connectivity index (χ0v) is 17.2. The van der Waals surface area contributed by atoms with E-state index in [-0.39, 0.29) is 0 Å². The molecular formula is C21H30N6O. The zero-order valence-electron chi connectivity index (χ0n) is 17.2. The summed E-state index contributed by atoms with van der Waals surface area (Å²) in [6, 6.07) is 8.23. The molecule has 0 aliphatic carbocycles. The van der Waals surface area contributed by atoms with Gasteiger partial charge in [0.2, 0.25) is 0 Å². The lowest BCUT2D eigenvalue weighted by atomic mass is 10.1. The Morgan fingerprint density at radius 1 is 1.14 bits per heavy atom. The standard InChI is InChI=1S/C21H30N6O/c1-5-17-16(20(6-2)28-26-17)14-24-21(22-7-3)23-12-13-27-15(4)25-18-10-8-9-11-19(18)27/h8-11H,5-7,12-14H2,1-4H3,(H2,22,23,24). The summed E-state index contributed by atoms with van der Waals surface area (Å²) in [6.45, 7) is 11.2. The average Bonchev–Trinajstić information content (AvgIpc) is 3.25. The number of benzene rings is 1. The van der Waals surface area contributed by atoms with Crippen LogP contribution in [0.5, 0.6) is 0 Å². The summed E-state index contributed by atoms with van der Waals surface area (Å²) < 4.78 is 7.67. The molecule has 0 aliphatic rings. The fourth-order valence-electron chi connectivity index (χ4n) is 3.38. The Morgan fingerprint density at radius 3 is 2.71 bits per heavy atom. The monoisotopic (exact) mass is 382 g/mol. The van der Waals surface area contributed by atoms with Crippen molar-refractivity contribution in [3.8, 4) is 0 Å². The van der Waals surface area contributed by atoms with Crippen LogP contribution in [0.15, 0.2) is 33.8 Å². The van der Waals surface area contributed by atoms with E-state index in [1.165, 1.54) is 0 Å². The molecule has 0 saturated carbocycles. The van der Waals surface area contributed by atoms with Crippen LogP contribution in [0.1, 0.15) is 43.6 Å². The van der Waals surface area contributed by atoms with Gasteiger partial charge in [0.25, 0.3) is 0 Å². The highest BCUT2D eigenvalue weighted by molar-refractivity contribution is 5.80. The fourth-order valence-corrected chi connectivity index (χ4v) is 3.38. The largest absolute Gasteiger partial charge is 0.361 e. The van der Waals surface area contributed by atoms with Crippen LogP contribution in [0.25, 0.3) is 11.0 Å². The van der Waals surface area contributed by atoms with Gasteiger partial charge in [0, 0.05) is 31.6 Å². The summed E-state index contributed by atoms with van der Waals surface area (Å²) in [5.74, 6) is 2.75. The van der Waals surface area contributed by atoms with Gasteiger partial charge in [-0.1, -0.05) is 31.1 Å². The Bertz CT molecular complexity index is 918. The van der Waals surface area contributed by atoms with Crippen LogP contribution < -0.4 is 10.6 Å². The van der Waals surface area contributed by atoms with Crippen molar-refractivity contribution in [1.82, 2.24) is 25.3 Å². The van der Waals surface area contributed by atoms with E-state index in [0.717, 1.165) is 72.3 Å². The summed E-state index contributed by atoms with van der Waals surface area (Å²) in [7, 11) is 0. The molecule has 2 aromatic heterocycles. The second kappa shape index (κ2) is 9.39. The van der Waals surface area contributed by atoms with Gasteiger partial charge < -0.3 is 19.7 Å². The molecule has 0 aliphatic heterocycles. The number of aryl methyl sites for hydroxylation is 3. The quantitative estimate of drug-likeness (QED) is 0.462. The van der Waals surface area contributed by atoms with Crippen molar-refractivity contribution in [1.29, 1.82) is 0 Å². The Labute approximate surface area is 166 Å². The molecule has 7 nitrogen and oxygen atoms in total. The number of guanidine groups is 1. The first kappa shape index (κ1) is 19.9. The number of imidazole rings is 1. The van der Waals surface area contributed by atoms with Crippen molar-refractivity contribution in [3.63, 3.8) is 0 Å². The van der Waals surface area contributed by atoms with E-state index in [0.29, 0.717) is 6.54 Å². The summed E-state index contributed by atoms with van der Waals surface area (Å²) >= 11 is 0. The van der Waals surface area contributed by atoms with Gasteiger partial charge >= 0.3 is 0 Å². The first-order chi connectivity index (χ1) is 13.7. The predicted molar refractivity (Wildman–Crippen MR) is 113 cm³/mol. The highest BCUT2D eigenvalue weighted by Gasteiger charge is 2.13. The molecule has 0 atom stereocenters. The highest BCUT2D eigenvalue weighted by atomic mass is 16.5. The first-order valence-corrected chi connectivity index (χ1v) is 10.1. The molecule has 0 saturated heterocycles. The van der Waals surface area contributed by atoms with Gasteiger partial charge in [0.05, 0.1) is 23.3 Å². The SMILES string of the molecule is CCNC(=NCc1c(CC)noc1CC)NCCn1c(C)nc2ccccc21. The Hall–Kier alpha value is -2.83. The van der Waals surface area contributed by atoms with Crippen molar-refractivity contribution in [3.05, 3.63) is 47.1 Å². The topological polar surface area (TPSA) is 80.3 Å². The molecule has 2 heterocycles. The molecule has 0 fully saturated rings. The number of hydrogen-bond acceptors (Lipinski definition) is 4. The third-order valence-electron chi connectivity index (χ3n) is 4.82. The van der Waals surface area contributed by atoms with Crippen LogP contribution in [0.2, 0.25) is 0 Å². The lowest BCUT2D eigenvalue weighted by molar-refractivity contribution is 0.380. The molecular weight excluding hydrogens is 352 g/mol. The van der Waals surface area contributed by atoms with E-state index in [2.05, 4.69) is 58.2 Å². The fraction of sp³-hybridized carbons (Fsp3) is 0.476. The van der Waals surface area contributed by atoms with Crippen molar-refractivity contribution in [2.45, 2.75) is 53.6 Å². The van der Waals surface area contributed by atoms with Gasteiger partial charge in [0.15, 0.2) is 5.96 Å². The van der Waals surface area contributed by atoms with Crippen molar-refractivity contribution in [2.75, 3.05) is 13.1 Å². The number of fused-ring (bicyclic) bond motifs is 1. The normalized spacial score (nSPS) is 11.9. The van der Waals surface area contributed by atoms with Gasteiger partial charge in [-0.25, -0.2) is 9.98 Å². The van der Waals surface area contributed by atoms with E-state index in [9.17, 15) is 0 Å². The molecule has 0 spiro atoms. The Morgan fingerprint density at radius 2 is 1.96 bits per heavy atom. The van der Waals surface area contributed by atoms with Gasteiger partial charge in [-0.15, -0.1) is 0 Å². The Balaban J connectivity index is 1.67. The zero-order chi connectivity index (χ0) is 19.9. The summed E-state index contributed by atoms with van der Waals surface area (Å²) in [6.07, 6.45) is 1.68. The van der Waals surface area contributed by atoms with Crippen LogP contribution in [0, 0.1) is 6.92 Å². The number of aliphatic imine (C=N–C) groups is 1. The van der Waals surface area contributed by atoms with E-state index in [1.54, 1.807) is 0 Å². The minimum atomic E-state index is 0.568. The van der Waals surface area contributed by atoms with Gasteiger partial charge in [-0.05, 0) is 32.4 Å². The molecule has 150 valence electrons. The molecule has 7 heteroatoms. The molecule has 0 bridgehead atoms. The molecule has 1 aromatic carbocycles. The first-order valence-electron chi connectivity index (χ1n) is 10.1. The minimum Gasteiger partial charge on any atom is -0.361 e. The highest BCUT2D eigenvalue weighted by Crippen LogP contribution is 2.17. The third-order valence-corrected chi connectivity index (χ3v) is 4.82. The third kappa shape index (κ3) is 4.35. The maximum atomic E-state index is 5.44. The van der Waals surface area contributed by atoms with Crippen LogP contribution in [0.4, 0.5) is 0 Å². The number of hydrogen-bond donors (Lipinski definition) is 2. The lowest BCUT2D eigenvalue weighted by Crippen LogP contribution is -2.39. The van der Waals surface area contributed by atoms with E-state index >= 15 is 0 Å². The average molecular weight is 383 g/mol. The lowest BCUT2D eigenvalue weighted by Gasteiger charge is -2.13. The van der Waals surface area contributed by atoms with Crippen molar-refractivity contribution < 1.29 is 4.52 Å². The number of aromatic nitrogens is 3. The molecule has 28 heavy (non-hydrogen) atoms. The van der Waals surface area contributed by atoms with E-state index in [1.807, 2.05) is 19.1 Å². The van der Waals surface area contributed by atoms with Crippen LogP contribution in [0.3, 0.4) is 0 Å². The summed E-state index contributed by atoms with van der Waals surface area (Å²) in [4.78, 5) is 9.37. The van der Waals surface area contributed by atoms with E-state index in [4.69, 9.17) is 9.52 Å². The van der Waals surface area contributed by atoms with Gasteiger partial charge in [-0.3, -0.25) is 0 Å². The van der Waals surface area contributed by atoms with Crippen LogP contribution in [-0.4, -0.2) is 33.8 Å². The van der Waals surface area contributed by atoms with Gasteiger partial charge in [0.1, 0.15) is 11.6 Å². The van der Waals surface area contributed by atoms with Crippen LogP contribution in [-0.2, 0) is 25.9 Å². The second-order valence-corrected chi connectivity index (χ2v) is 6.66. The molecule has 0 unspecified atom stereocenters. The Kier molecular flexibility index (Phi) is 6.68. The maximum Gasteiger partial charge on any atom is 0.191 e. The summed E-state index contributed by atoms with van der Waals surface area (Å²) in [5.41, 5.74) is 4.30.